The minimum atomic E-state index is 0.377. The molecule has 0 saturated carbocycles. The molecule has 1 aromatic rings. The highest BCUT2D eigenvalue weighted by Gasteiger charge is 2.18. The van der Waals surface area contributed by atoms with E-state index in [1.54, 1.807) is 0 Å². The molecule has 0 radical (unpaired) electrons. The average molecular weight is 217 g/mol. The van der Waals surface area contributed by atoms with Gasteiger partial charge in [0.25, 0.3) is 0 Å². The number of nitrogens with one attached hydrogen (secondary N) is 1. The lowest BCUT2D eigenvalue weighted by molar-refractivity contribution is 0.501. The van der Waals surface area contributed by atoms with Gasteiger partial charge in [-0.2, -0.15) is 0 Å². The lowest BCUT2D eigenvalue weighted by Crippen LogP contribution is -2.35. The molecule has 0 fully saturated rings. The summed E-state index contributed by atoms with van der Waals surface area (Å²) >= 11 is 0. The molecule has 1 aromatic carbocycles. The zero-order valence-electron chi connectivity index (χ0n) is 10.7. The van der Waals surface area contributed by atoms with E-state index in [0.717, 1.165) is 13.0 Å². The smallest absolute Gasteiger partial charge is 0.0340 e. The Hall–Kier alpha value is -1.08. The molecule has 0 aliphatic rings. The van der Waals surface area contributed by atoms with Crippen LogP contribution in [0, 0.1) is 0 Å². The molecule has 1 heteroatoms. The Labute approximate surface area is 99.6 Å². The van der Waals surface area contributed by atoms with Gasteiger partial charge in [-0.3, -0.25) is 0 Å². The molecule has 2 atom stereocenters. The monoisotopic (exact) mass is 217 g/mol. The summed E-state index contributed by atoms with van der Waals surface area (Å²) in [6.45, 7) is 11.7. The first-order valence-electron chi connectivity index (χ1n) is 6.10. The van der Waals surface area contributed by atoms with E-state index in [1.165, 1.54) is 11.1 Å². The fourth-order valence-electron chi connectivity index (χ4n) is 2.03. The third-order valence-electron chi connectivity index (χ3n) is 2.97. The van der Waals surface area contributed by atoms with Gasteiger partial charge in [-0.25, -0.2) is 0 Å². The Morgan fingerprint density at radius 3 is 2.44 bits per heavy atom. The molecule has 0 aliphatic carbocycles. The van der Waals surface area contributed by atoms with Gasteiger partial charge >= 0.3 is 0 Å². The van der Waals surface area contributed by atoms with Crippen molar-refractivity contribution >= 4 is 0 Å². The van der Waals surface area contributed by atoms with Crippen LogP contribution in [-0.2, 0) is 0 Å². The van der Waals surface area contributed by atoms with Gasteiger partial charge in [-0.1, -0.05) is 56.3 Å². The van der Waals surface area contributed by atoms with Crippen LogP contribution < -0.4 is 5.32 Å². The molecule has 16 heavy (non-hydrogen) atoms. The molecule has 0 amide bonds. The molecule has 0 saturated heterocycles. The molecule has 88 valence electrons. The van der Waals surface area contributed by atoms with Gasteiger partial charge in [0, 0.05) is 12.0 Å². The number of benzene rings is 1. The van der Waals surface area contributed by atoms with Crippen LogP contribution in [0.3, 0.4) is 0 Å². The third-order valence-corrected chi connectivity index (χ3v) is 2.97. The summed E-state index contributed by atoms with van der Waals surface area (Å²) in [5.74, 6) is 0.477. The molecule has 0 aliphatic heterocycles. The summed E-state index contributed by atoms with van der Waals surface area (Å²) in [7, 11) is 0. The number of hydrogen-bond donors (Lipinski definition) is 1. The molecule has 0 aromatic heterocycles. The van der Waals surface area contributed by atoms with Gasteiger partial charge < -0.3 is 5.32 Å². The highest BCUT2D eigenvalue weighted by Crippen LogP contribution is 2.22. The highest BCUT2D eigenvalue weighted by atomic mass is 14.9. The van der Waals surface area contributed by atoms with E-state index in [2.05, 4.69) is 63.0 Å². The second-order valence-electron chi connectivity index (χ2n) is 4.48. The molecule has 0 bridgehead atoms. The van der Waals surface area contributed by atoms with Crippen molar-refractivity contribution in [2.45, 2.75) is 39.2 Å². The van der Waals surface area contributed by atoms with E-state index in [9.17, 15) is 0 Å². The van der Waals surface area contributed by atoms with Gasteiger partial charge in [-0.05, 0) is 25.5 Å². The standard InChI is InChI=1S/C15H23N/c1-5-11-16-15(12(2)3)13(4)14-9-7-6-8-10-14/h6-10,13,15-16H,2,5,11H2,1,3-4H3. The van der Waals surface area contributed by atoms with E-state index in [4.69, 9.17) is 0 Å². The van der Waals surface area contributed by atoms with Crippen molar-refractivity contribution in [2.24, 2.45) is 0 Å². The SMILES string of the molecule is C=C(C)C(NCCC)C(C)c1ccccc1. The van der Waals surface area contributed by atoms with Crippen molar-refractivity contribution in [3.63, 3.8) is 0 Å². The Morgan fingerprint density at radius 1 is 1.31 bits per heavy atom. The minimum Gasteiger partial charge on any atom is -0.310 e. The molecule has 1 N–H and O–H groups in total. The van der Waals surface area contributed by atoms with Gasteiger partial charge in [0.1, 0.15) is 0 Å². The minimum absolute atomic E-state index is 0.377. The Bertz CT molecular complexity index is 315. The summed E-state index contributed by atoms with van der Waals surface area (Å²) < 4.78 is 0. The van der Waals surface area contributed by atoms with Crippen molar-refractivity contribution in [1.29, 1.82) is 0 Å². The second kappa shape index (κ2) is 6.49. The van der Waals surface area contributed by atoms with Crippen LogP contribution in [0.1, 0.15) is 38.7 Å². The number of hydrogen-bond acceptors (Lipinski definition) is 1. The Kier molecular flexibility index (Phi) is 5.27. The van der Waals surface area contributed by atoms with E-state index < -0.39 is 0 Å². The summed E-state index contributed by atoms with van der Waals surface area (Å²) in [6.07, 6.45) is 1.16. The van der Waals surface area contributed by atoms with E-state index in [0.29, 0.717) is 12.0 Å². The Morgan fingerprint density at radius 2 is 1.94 bits per heavy atom. The summed E-state index contributed by atoms with van der Waals surface area (Å²) in [4.78, 5) is 0. The first-order chi connectivity index (χ1) is 7.66. The largest absolute Gasteiger partial charge is 0.310 e. The maximum atomic E-state index is 4.09. The number of rotatable bonds is 6. The van der Waals surface area contributed by atoms with Gasteiger partial charge in [0.2, 0.25) is 0 Å². The second-order valence-corrected chi connectivity index (χ2v) is 4.48. The van der Waals surface area contributed by atoms with E-state index >= 15 is 0 Å². The van der Waals surface area contributed by atoms with Crippen LogP contribution >= 0.6 is 0 Å². The van der Waals surface area contributed by atoms with Gasteiger partial charge in [-0.15, -0.1) is 0 Å². The fraction of sp³-hybridized carbons (Fsp3) is 0.467. The van der Waals surface area contributed by atoms with E-state index in [-0.39, 0.29) is 0 Å². The third kappa shape index (κ3) is 3.49. The van der Waals surface area contributed by atoms with Crippen molar-refractivity contribution in [2.75, 3.05) is 6.54 Å². The molecular weight excluding hydrogens is 194 g/mol. The quantitative estimate of drug-likeness (QED) is 0.716. The zero-order chi connectivity index (χ0) is 12.0. The van der Waals surface area contributed by atoms with Gasteiger partial charge in [0.05, 0.1) is 0 Å². The van der Waals surface area contributed by atoms with Crippen molar-refractivity contribution in [1.82, 2.24) is 5.32 Å². The van der Waals surface area contributed by atoms with Crippen molar-refractivity contribution in [3.05, 3.63) is 48.0 Å². The van der Waals surface area contributed by atoms with Crippen LogP contribution in [0.2, 0.25) is 0 Å². The predicted molar refractivity (Wildman–Crippen MR) is 71.8 cm³/mol. The van der Waals surface area contributed by atoms with Crippen LogP contribution in [-0.4, -0.2) is 12.6 Å². The summed E-state index contributed by atoms with van der Waals surface area (Å²) in [6, 6.07) is 11.0. The molecule has 2 unspecified atom stereocenters. The molecule has 1 rings (SSSR count). The lowest BCUT2D eigenvalue weighted by Gasteiger charge is -2.26. The van der Waals surface area contributed by atoms with E-state index in [1.807, 2.05) is 0 Å². The normalized spacial score (nSPS) is 14.4. The Balaban J connectivity index is 2.75. The fourth-order valence-corrected chi connectivity index (χ4v) is 2.03. The molecular formula is C15H23N. The van der Waals surface area contributed by atoms with Crippen molar-refractivity contribution in [3.8, 4) is 0 Å². The molecule has 0 spiro atoms. The zero-order valence-corrected chi connectivity index (χ0v) is 10.7. The summed E-state index contributed by atoms with van der Waals surface area (Å²) in [5.41, 5.74) is 2.59. The lowest BCUT2D eigenvalue weighted by atomic mass is 9.89. The first kappa shape index (κ1) is 13.0. The maximum absolute atomic E-state index is 4.09. The molecule has 1 nitrogen and oxygen atoms in total. The predicted octanol–water partition coefficient (Wildman–Crippen LogP) is 3.73. The average Bonchev–Trinajstić information content (AvgIpc) is 2.30. The molecule has 0 heterocycles. The first-order valence-corrected chi connectivity index (χ1v) is 6.10. The van der Waals surface area contributed by atoms with Crippen LogP contribution in [0.15, 0.2) is 42.5 Å². The highest BCUT2D eigenvalue weighted by molar-refractivity contribution is 5.24. The van der Waals surface area contributed by atoms with Gasteiger partial charge in [0.15, 0.2) is 0 Å². The summed E-state index contributed by atoms with van der Waals surface area (Å²) in [5, 5.41) is 3.57. The van der Waals surface area contributed by atoms with Crippen LogP contribution in [0.25, 0.3) is 0 Å². The maximum Gasteiger partial charge on any atom is 0.0340 e. The topological polar surface area (TPSA) is 12.0 Å². The van der Waals surface area contributed by atoms with Crippen molar-refractivity contribution < 1.29 is 0 Å². The van der Waals surface area contributed by atoms with Crippen LogP contribution in [0.4, 0.5) is 0 Å². The van der Waals surface area contributed by atoms with Crippen LogP contribution in [0.5, 0.6) is 0 Å².